The Labute approximate surface area is 233 Å². The molecule has 2 aromatic carbocycles. The van der Waals surface area contributed by atoms with Crippen molar-refractivity contribution in [2.75, 3.05) is 29.9 Å². The van der Waals surface area contributed by atoms with E-state index in [-0.39, 0.29) is 29.3 Å². The third kappa shape index (κ3) is 5.52. The molecule has 39 heavy (non-hydrogen) atoms. The highest BCUT2D eigenvalue weighted by Gasteiger charge is 2.45. The van der Waals surface area contributed by atoms with Gasteiger partial charge >= 0.3 is 12.2 Å². The van der Waals surface area contributed by atoms with E-state index in [0.29, 0.717) is 10.7 Å². The van der Waals surface area contributed by atoms with Crippen LogP contribution in [-0.4, -0.2) is 53.4 Å². The molecule has 1 fully saturated rings. The van der Waals surface area contributed by atoms with Crippen molar-refractivity contribution in [1.29, 1.82) is 0 Å². The molecule has 0 radical (unpaired) electrons. The van der Waals surface area contributed by atoms with Crippen LogP contribution in [0.3, 0.4) is 0 Å². The van der Waals surface area contributed by atoms with Crippen LogP contribution in [0.1, 0.15) is 50.3 Å². The Balaban J connectivity index is 1.50. The molecule has 3 aromatic rings. The summed E-state index contributed by atoms with van der Waals surface area (Å²) < 4.78 is 5.01. The summed E-state index contributed by atoms with van der Waals surface area (Å²) in [5.41, 5.74) is 3.67. The zero-order valence-electron chi connectivity index (χ0n) is 22.4. The van der Waals surface area contributed by atoms with E-state index in [4.69, 9.17) is 16.3 Å². The highest BCUT2D eigenvalue weighted by Crippen LogP contribution is 2.50. The van der Waals surface area contributed by atoms with Gasteiger partial charge in [-0.05, 0) is 78.3 Å². The first-order valence-corrected chi connectivity index (χ1v) is 13.5. The van der Waals surface area contributed by atoms with Crippen molar-refractivity contribution in [3.05, 3.63) is 83.1 Å². The number of aromatic nitrogens is 1. The Morgan fingerprint density at radius 2 is 1.79 bits per heavy atom. The fraction of sp³-hybridized carbons (Fsp3) is 0.367. The number of rotatable bonds is 5. The van der Waals surface area contributed by atoms with Crippen LogP contribution >= 0.6 is 11.6 Å². The lowest BCUT2D eigenvalue weighted by Gasteiger charge is -2.44. The first-order chi connectivity index (χ1) is 18.6. The van der Waals surface area contributed by atoms with Crippen LogP contribution in [0.5, 0.6) is 5.75 Å². The molecule has 204 valence electrons. The number of anilines is 2. The predicted octanol–water partition coefficient (Wildman–Crippen LogP) is 6.74. The van der Waals surface area contributed by atoms with Gasteiger partial charge in [0.2, 0.25) is 0 Å². The molecule has 1 aliphatic heterocycles. The zero-order chi connectivity index (χ0) is 27.7. The summed E-state index contributed by atoms with van der Waals surface area (Å²) in [6.07, 6.45) is 4.56. The number of urea groups is 1. The largest absolute Gasteiger partial charge is 0.511 e. The smallest absolute Gasteiger partial charge is 0.449 e. The summed E-state index contributed by atoms with van der Waals surface area (Å²) in [5, 5.41) is 9.77. The Morgan fingerprint density at radius 3 is 2.46 bits per heavy atom. The number of hydrogen-bond acceptors (Lipinski definition) is 5. The molecule has 1 atom stereocenters. The van der Waals surface area contributed by atoms with Gasteiger partial charge in [0.1, 0.15) is 5.75 Å². The Morgan fingerprint density at radius 1 is 1.08 bits per heavy atom. The lowest BCUT2D eigenvalue weighted by molar-refractivity contribution is 0.129. The van der Waals surface area contributed by atoms with Gasteiger partial charge in [0.15, 0.2) is 0 Å². The van der Waals surface area contributed by atoms with Gasteiger partial charge in [0, 0.05) is 55.0 Å². The van der Waals surface area contributed by atoms with Gasteiger partial charge < -0.3 is 19.6 Å². The molecule has 9 heteroatoms. The maximum atomic E-state index is 14.3. The first kappa shape index (κ1) is 26.8. The van der Waals surface area contributed by atoms with Crippen LogP contribution in [-0.2, 0) is 5.41 Å². The minimum Gasteiger partial charge on any atom is -0.449 e. The second-order valence-electron chi connectivity index (χ2n) is 10.9. The molecule has 0 bridgehead atoms. The van der Waals surface area contributed by atoms with Gasteiger partial charge in [0.05, 0.1) is 6.04 Å². The second kappa shape index (κ2) is 10.8. The number of pyridine rings is 1. The standard InChI is InChI=1S/C30H33ClN4O4/c1-30(2)19-27(25-18-24(39-29(37)38)7-8-26(25)30)35(28(36)33(3)23-6-4-5-20(31)17-23)22-11-15-34(16-12-22)21-9-13-32-14-10-21/h4-10,13-14,17-18,22,27H,11-12,15-16,19H2,1-3H3,(H,37,38). The molecule has 1 N–H and O–H groups in total. The van der Waals surface area contributed by atoms with Crippen LogP contribution in [0.4, 0.5) is 21.0 Å². The molecule has 1 unspecified atom stereocenters. The van der Waals surface area contributed by atoms with Crippen LogP contribution in [0.15, 0.2) is 67.0 Å². The van der Waals surface area contributed by atoms with Gasteiger partial charge in [-0.2, -0.15) is 0 Å². The number of halogens is 1. The normalized spacial score (nSPS) is 18.4. The molecule has 1 saturated heterocycles. The monoisotopic (exact) mass is 548 g/mol. The van der Waals surface area contributed by atoms with Gasteiger partial charge in [-0.3, -0.25) is 9.88 Å². The van der Waals surface area contributed by atoms with Crippen molar-refractivity contribution in [2.45, 2.75) is 50.6 Å². The van der Waals surface area contributed by atoms with Gasteiger partial charge in [0.25, 0.3) is 0 Å². The summed E-state index contributed by atoms with van der Waals surface area (Å²) in [6.45, 7) is 5.95. The predicted molar refractivity (Wildman–Crippen MR) is 152 cm³/mol. The second-order valence-corrected chi connectivity index (χ2v) is 11.3. The van der Waals surface area contributed by atoms with E-state index in [9.17, 15) is 14.7 Å². The number of hydrogen-bond donors (Lipinski definition) is 1. The summed E-state index contributed by atoms with van der Waals surface area (Å²) >= 11 is 6.26. The lowest BCUT2D eigenvalue weighted by atomic mass is 9.86. The molecule has 0 spiro atoms. The van der Waals surface area contributed by atoms with E-state index in [2.05, 4.69) is 23.7 Å². The summed E-state index contributed by atoms with van der Waals surface area (Å²) in [4.78, 5) is 35.7. The average molecular weight is 549 g/mol. The third-order valence-electron chi connectivity index (χ3n) is 7.94. The van der Waals surface area contributed by atoms with E-state index < -0.39 is 6.16 Å². The highest BCUT2D eigenvalue weighted by molar-refractivity contribution is 6.30. The molecule has 0 saturated carbocycles. The minimum absolute atomic E-state index is 0.00646. The lowest BCUT2D eigenvalue weighted by Crippen LogP contribution is -2.52. The van der Waals surface area contributed by atoms with Crippen molar-refractivity contribution in [3.8, 4) is 5.75 Å². The molecular weight excluding hydrogens is 516 g/mol. The van der Waals surface area contributed by atoms with Crippen LogP contribution in [0.2, 0.25) is 5.02 Å². The van der Waals surface area contributed by atoms with E-state index in [1.807, 2.05) is 35.2 Å². The van der Waals surface area contributed by atoms with Crippen molar-refractivity contribution in [1.82, 2.24) is 9.88 Å². The number of ether oxygens (including phenoxy) is 1. The number of carboxylic acid groups (broad SMARTS) is 1. The number of benzene rings is 2. The van der Waals surface area contributed by atoms with E-state index in [0.717, 1.165) is 49.2 Å². The Bertz CT molecular complexity index is 1360. The van der Waals surface area contributed by atoms with E-state index in [1.54, 1.807) is 48.6 Å². The van der Waals surface area contributed by atoms with Crippen molar-refractivity contribution in [3.63, 3.8) is 0 Å². The highest BCUT2D eigenvalue weighted by atomic mass is 35.5. The molecule has 5 rings (SSSR count). The fourth-order valence-electron chi connectivity index (χ4n) is 6.02. The van der Waals surface area contributed by atoms with Crippen LogP contribution < -0.4 is 14.5 Å². The number of nitrogens with zero attached hydrogens (tertiary/aromatic N) is 4. The summed E-state index contributed by atoms with van der Waals surface area (Å²) in [6, 6.07) is 16.4. The number of carbonyl (C=O) groups excluding carboxylic acids is 1. The molecule has 8 nitrogen and oxygen atoms in total. The maximum absolute atomic E-state index is 14.3. The third-order valence-corrected chi connectivity index (χ3v) is 8.18. The topological polar surface area (TPSA) is 86.2 Å². The first-order valence-electron chi connectivity index (χ1n) is 13.2. The molecule has 2 aliphatic rings. The van der Waals surface area contributed by atoms with Gasteiger partial charge in [-0.1, -0.05) is 37.6 Å². The maximum Gasteiger partial charge on any atom is 0.511 e. The van der Waals surface area contributed by atoms with Crippen LogP contribution in [0, 0.1) is 0 Å². The van der Waals surface area contributed by atoms with Crippen molar-refractivity contribution in [2.24, 2.45) is 0 Å². The average Bonchev–Trinajstić information content (AvgIpc) is 3.18. The van der Waals surface area contributed by atoms with Gasteiger partial charge in [-0.25, -0.2) is 9.59 Å². The van der Waals surface area contributed by atoms with Crippen molar-refractivity contribution >= 4 is 35.2 Å². The molecule has 2 amide bonds. The number of carbonyl (C=O) groups is 2. The van der Waals surface area contributed by atoms with Gasteiger partial charge in [-0.15, -0.1) is 0 Å². The summed E-state index contributed by atoms with van der Waals surface area (Å²) in [5.74, 6) is 0.257. The van der Waals surface area contributed by atoms with Crippen LogP contribution in [0.25, 0.3) is 0 Å². The molecule has 2 heterocycles. The fourth-order valence-corrected chi connectivity index (χ4v) is 6.20. The molecular formula is C30H33ClN4O4. The molecule has 1 aliphatic carbocycles. The summed E-state index contributed by atoms with van der Waals surface area (Å²) in [7, 11) is 1.78. The van der Waals surface area contributed by atoms with Crippen molar-refractivity contribution < 1.29 is 19.4 Å². The van der Waals surface area contributed by atoms with E-state index in [1.165, 1.54) is 0 Å². The quantitative estimate of drug-likeness (QED) is 0.280. The molecule has 1 aromatic heterocycles. The zero-order valence-corrected chi connectivity index (χ0v) is 23.1. The minimum atomic E-state index is -1.36. The Hall–Kier alpha value is -3.78. The number of piperidine rings is 1. The number of fused-ring (bicyclic) bond motifs is 1. The number of amides is 2. The van der Waals surface area contributed by atoms with E-state index >= 15 is 0 Å². The Kier molecular flexibility index (Phi) is 7.40. The SMILES string of the molecule is CN(C(=O)N(C1CCN(c2ccncc2)CC1)C1CC(C)(C)c2ccc(OC(=O)O)cc21)c1cccc(Cl)c1.